The van der Waals surface area contributed by atoms with Gasteiger partial charge in [-0.1, -0.05) is 0 Å². The van der Waals surface area contributed by atoms with E-state index in [2.05, 4.69) is 10.1 Å². The molecule has 0 spiro atoms. The minimum Gasteiger partial charge on any atom is -0.432 e. The Labute approximate surface area is 207 Å². The summed E-state index contributed by atoms with van der Waals surface area (Å²) in [5.41, 5.74) is 1.73. The van der Waals surface area contributed by atoms with Gasteiger partial charge < -0.3 is 23.7 Å². The van der Waals surface area contributed by atoms with Gasteiger partial charge in [0.15, 0.2) is 0 Å². The van der Waals surface area contributed by atoms with Gasteiger partial charge in [-0.15, -0.1) is 5.10 Å². The number of hydrogen-bond acceptors (Lipinski definition) is 12. The molecular weight excluding hydrogens is 504 g/mol. The summed E-state index contributed by atoms with van der Waals surface area (Å²) < 4.78 is 63.0. The summed E-state index contributed by atoms with van der Waals surface area (Å²) in [5.74, 6) is 0. The summed E-state index contributed by atoms with van der Waals surface area (Å²) in [6.07, 6.45) is -4.68. The zero-order chi connectivity index (χ0) is 26.9. The van der Waals surface area contributed by atoms with Crippen LogP contribution in [0.25, 0.3) is 5.52 Å². The monoisotopic (exact) mass is 535 g/mol. The van der Waals surface area contributed by atoms with Gasteiger partial charge in [0.2, 0.25) is 13.6 Å². The molecule has 2 heterocycles. The first-order chi connectivity index (χ1) is 16.9. The van der Waals surface area contributed by atoms with Crippen molar-refractivity contribution in [2.75, 3.05) is 19.9 Å². The van der Waals surface area contributed by atoms with Crippen molar-refractivity contribution in [1.29, 1.82) is 0 Å². The van der Waals surface area contributed by atoms with Gasteiger partial charge >= 0.3 is 26.0 Å². The zero-order valence-electron chi connectivity index (χ0n) is 21.0. The van der Waals surface area contributed by atoms with Crippen molar-refractivity contribution in [3.05, 3.63) is 29.6 Å². The van der Waals surface area contributed by atoms with E-state index in [0.717, 1.165) is 0 Å². The Bertz CT molecular complexity index is 1050. The van der Waals surface area contributed by atoms with E-state index in [1.54, 1.807) is 53.7 Å². The van der Waals surface area contributed by atoms with Crippen LogP contribution in [0.2, 0.25) is 0 Å². The molecule has 0 radical (unpaired) electrons. The first kappa shape index (κ1) is 29.4. The van der Waals surface area contributed by atoms with Crippen LogP contribution in [0, 0.1) is 13.0 Å². The van der Waals surface area contributed by atoms with Crippen molar-refractivity contribution in [3.8, 4) is 0 Å². The van der Waals surface area contributed by atoms with Gasteiger partial charge in [-0.25, -0.2) is 19.1 Å². The van der Waals surface area contributed by atoms with Crippen molar-refractivity contribution >= 4 is 25.4 Å². The number of nitrogens with zero attached hydrogens (tertiary/aromatic N) is 3. The second-order valence-corrected chi connectivity index (χ2v) is 10.1. The number of aromatic nitrogens is 3. The first-order valence-corrected chi connectivity index (χ1v) is 12.8. The number of halogens is 1. The summed E-state index contributed by atoms with van der Waals surface area (Å²) >= 11 is 0. The van der Waals surface area contributed by atoms with Gasteiger partial charge in [0.1, 0.15) is 6.35 Å². The van der Waals surface area contributed by atoms with E-state index in [-0.39, 0.29) is 6.42 Å². The van der Waals surface area contributed by atoms with Crippen LogP contribution < -0.4 is 0 Å². The predicted octanol–water partition coefficient (Wildman–Crippen LogP) is 4.35. The van der Waals surface area contributed by atoms with E-state index in [1.807, 2.05) is 0 Å². The Kier molecular flexibility index (Phi) is 11.0. The number of fused-ring (bicyclic) bond motifs is 1. The largest absolute Gasteiger partial charge is 0.510 e. The van der Waals surface area contributed by atoms with Crippen molar-refractivity contribution < 1.29 is 51.3 Å². The Hall–Kier alpha value is -2.80. The molecule has 0 amide bonds. The summed E-state index contributed by atoms with van der Waals surface area (Å²) in [6.45, 7) is 8.28. The van der Waals surface area contributed by atoms with Crippen molar-refractivity contribution in [1.82, 2.24) is 14.6 Å². The molecule has 0 aliphatic heterocycles. The summed E-state index contributed by atoms with van der Waals surface area (Å²) in [7, 11) is -4.09. The molecule has 0 fully saturated rings. The van der Waals surface area contributed by atoms with E-state index in [1.165, 1.54) is 4.52 Å². The van der Waals surface area contributed by atoms with Gasteiger partial charge in [0.25, 0.3) is 0 Å². The summed E-state index contributed by atoms with van der Waals surface area (Å²) in [6, 6.07) is 3.49. The van der Waals surface area contributed by atoms with Gasteiger partial charge in [-0.3, -0.25) is 13.6 Å². The highest BCUT2D eigenvalue weighted by atomic mass is 31.2. The highest BCUT2D eigenvalue weighted by Gasteiger charge is 2.29. The van der Waals surface area contributed by atoms with Gasteiger partial charge in [-0.05, 0) is 53.7 Å². The molecule has 36 heavy (non-hydrogen) atoms. The standard InChI is InChI=1S/C21H31FN3O10P/c1-13(2)34-20(26)29-10-32-36(28,33-11-30-21(27)35-14(3)4)12-31-15(5)9-17-7-8-18-16(6)23-19(22)24-25(17)18/h7-8,13-15H,9-12H2,1-6H3. The minimum atomic E-state index is -4.09. The zero-order valence-corrected chi connectivity index (χ0v) is 21.9. The van der Waals surface area contributed by atoms with Crippen LogP contribution in [0.5, 0.6) is 0 Å². The molecule has 0 aliphatic rings. The maximum Gasteiger partial charge on any atom is 0.510 e. The number of hydrogen-bond donors (Lipinski definition) is 0. The molecule has 202 valence electrons. The van der Waals surface area contributed by atoms with Crippen molar-refractivity contribution in [3.63, 3.8) is 0 Å². The second kappa shape index (κ2) is 13.5. The SMILES string of the molecule is Cc1nc(F)nn2c(CC(C)OCP(=O)(OCOC(=O)OC(C)C)OCOC(=O)OC(C)C)ccc12. The third-order valence-corrected chi connectivity index (χ3v) is 5.74. The molecule has 15 heteroatoms. The molecule has 0 aromatic carbocycles. The van der Waals surface area contributed by atoms with E-state index < -0.39 is 64.2 Å². The first-order valence-electron chi connectivity index (χ1n) is 11.1. The predicted molar refractivity (Wildman–Crippen MR) is 122 cm³/mol. The Morgan fingerprint density at radius 2 is 1.56 bits per heavy atom. The van der Waals surface area contributed by atoms with Crippen LogP contribution in [-0.2, 0) is 43.7 Å². The molecule has 1 atom stereocenters. The molecular formula is C21H31FN3O10P. The summed E-state index contributed by atoms with van der Waals surface area (Å²) in [5, 5.41) is 3.77. The number of carbonyl (C=O) groups is 2. The molecule has 2 rings (SSSR count). The average molecular weight is 535 g/mol. The molecule has 0 bridgehead atoms. The lowest BCUT2D eigenvalue weighted by molar-refractivity contribution is -0.0364. The second-order valence-electron chi connectivity index (χ2n) is 8.13. The molecule has 2 aromatic heterocycles. The van der Waals surface area contributed by atoms with Crippen molar-refractivity contribution in [2.45, 2.75) is 66.3 Å². The third kappa shape index (κ3) is 9.69. The quantitative estimate of drug-likeness (QED) is 0.204. The normalized spacial score (nSPS) is 12.7. The lowest BCUT2D eigenvalue weighted by atomic mass is 10.2. The van der Waals surface area contributed by atoms with Gasteiger partial charge in [0, 0.05) is 12.1 Å². The highest BCUT2D eigenvalue weighted by molar-refractivity contribution is 7.53. The van der Waals surface area contributed by atoms with Gasteiger partial charge in [0.05, 0.1) is 29.5 Å². The number of ether oxygens (including phenoxy) is 5. The fourth-order valence-electron chi connectivity index (χ4n) is 2.76. The molecule has 13 nitrogen and oxygen atoms in total. The van der Waals surface area contributed by atoms with E-state index in [4.69, 9.17) is 32.7 Å². The third-order valence-electron chi connectivity index (χ3n) is 4.28. The Balaban J connectivity index is 1.98. The smallest absolute Gasteiger partial charge is 0.432 e. The van der Waals surface area contributed by atoms with Gasteiger partial charge in [-0.2, -0.15) is 4.39 Å². The molecule has 0 N–H and O–H groups in total. The van der Waals surface area contributed by atoms with Crippen LogP contribution in [0.1, 0.15) is 46.0 Å². The fraction of sp³-hybridized carbons (Fsp3) is 0.619. The topological polar surface area (TPSA) is 146 Å². The van der Waals surface area contributed by atoms with Crippen LogP contribution in [0.3, 0.4) is 0 Å². The molecule has 2 aromatic rings. The number of carbonyl (C=O) groups excluding carboxylic acids is 2. The van der Waals surface area contributed by atoms with Crippen molar-refractivity contribution in [2.24, 2.45) is 0 Å². The maximum atomic E-state index is 13.7. The average Bonchev–Trinajstić information content (AvgIpc) is 3.14. The molecule has 1 unspecified atom stereocenters. The Morgan fingerprint density at radius 3 is 2.08 bits per heavy atom. The fourth-order valence-corrected chi connectivity index (χ4v) is 3.85. The lowest BCUT2D eigenvalue weighted by Gasteiger charge is -2.21. The van der Waals surface area contributed by atoms with E-state index in [9.17, 15) is 18.5 Å². The molecule has 0 saturated carbocycles. The van der Waals surface area contributed by atoms with E-state index in [0.29, 0.717) is 16.9 Å². The molecule has 0 saturated heterocycles. The summed E-state index contributed by atoms with van der Waals surface area (Å²) in [4.78, 5) is 26.8. The minimum absolute atomic E-state index is 0.262. The molecule has 0 aliphatic carbocycles. The van der Waals surface area contributed by atoms with Crippen LogP contribution >= 0.6 is 7.60 Å². The lowest BCUT2D eigenvalue weighted by Crippen LogP contribution is -2.19. The van der Waals surface area contributed by atoms with Crippen LogP contribution in [0.4, 0.5) is 14.0 Å². The van der Waals surface area contributed by atoms with Crippen LogP contribution in [-0.4, -0.2) is 65.2 Å². The number of rotatable bonds is 13. The van der Waals surface area contributed by atoms with E-state index >= 15 is 0 Å². The highest BCUT2D eigenvalue weighted by Crippen LogP contribution is 2.48. The maximum absolute atomic E-state index is 13.7. The Morgan fingerprint density at radius 1 is 1.00 bits per heavy atom. The van der Waals surface area contributed by atoms with Crippen LogP contribution in [0.15, 0.2) is 12.1 Å². The number of aryl methyl sites for hydroxylation is 1.